The second-order valence-corrected chi connectivity index (χ2v) is 4.63. The summed E-state index contributed by atoms with van der Waals surface area (Å²) in [7, 11) is 0. The Hall–Kier alpha value is -1.39. The number of carbonyl (C=O) groups excluding carboxylic acids is 1. The largest absolute Gasteiger partial charge is 0.379 e. The molecule has 4 nitrogen and oxygen atoms in total. The quantitative estimate of drug-likeness (QED) is 0.810. The lowest BCUT2D eigenvalue weighted by molar-refractivity contribution is -0.126. The molecule has 0 saturated carbocycles. The van der Waals surface area contributed by atoms with Crippen molar-refractivity contribution in [1.82, 2.24) is 5.32 Å². The van der Waals surface area contributed by atoms with Crippen LogP contribution in [-0.2, 0) is 16.1 Å². The zero-order valence-electron chi connectivity index (χ0n) is 10.0. The van der Waals surface area contributed by atoms with Crippen molar-refractivity contribution in [2.24, 2.45) is 5.73 Å². The van der Waals surface area contributed by atoms with Crippen LogP contribution < -0.4 is 11.1 Å². The van der Waals surface area contributed by atoms with E-state index in [1.165, 1.54) is 5.56 Å². The Kier molecular flexibility index (Phi) is 3.45. The van der Waals surface area contributed by atoms with Gasteiger partial charge in [-0.1, -0.05) is 29.8 Å². The summed E-state index contributed by atoms with van der Waals surface area (Å²) in [6.45, 7) is 3.42. The van der Waals surface area contributed by atoms with Crippen molar-refractivity contribution in [2.45, 2.75) is 25.4 Å². The summed E-state index contributed by atoms with van der Waals surface area (Å²) in [6.07, 6.45) is 0.590. The number of nitrogens with two attached hydrogens (primary N) is 1. The molecule has 1 fully saturated rings. The van der Waals surface area contributed by atoms with Gasteiger partial charge in [-0.2, -0.15) is 0 Å². The average molecular weight is 234 g/mol. The summed E-state index contributed by atoms with van der Waals surface area (Å²) >= 11 is 0. The number of amides is 1. The molecule has 1 atom stereocenters. The first-order chi connectivity index (χ1) is 8.10. The molecule has 0 aliphatic carbocycles. The first-order valence-electron chi connectivity index (χ1n) is 5.81. The Labute approximate surface area is 101 Å². The van der Waals surface area contributed by atoms with Gasteiger partial charge in [0.1, 0.15) is 5.54 Å². The fraction of sp³-hybridized carbons (Fsp3) is 0.462. The summed E-state index contributed by atoms with van der Waals surface area (Å²) in [6, 6.07) is 8.06. The zero-order chi connectivity index (χ0) is 12.3. The van der Waals surface area contributed by atoms with E-state index in [-0.39, 0.29) is 5.91 Å². The van der Waals surface area contributed by atoms with E-state index in [4.69, 9.17) is 10.5 Å². The third kappa shape index (κ3) is 2.84. The number of nitrogens with one attached hydrogen (secondary N) is 1. The number of hydrogen-bond acceptors (Lipinski definition) is 3. The van der Waals surface area contributed by atoms with Crippen LogP contribution >= 0.6 is 0 Å². The predicted octanol–water partition coefficient (Wildman–Crippen LogP) is 0.729. The third-order valence-corrected chi connectivity index (χ3v) is 3.08. The van der Waals surface area contributed by atoms with Crippen molar-refractivity contribution in [3.8, 4) is 0 Å². The Morgan fingerprint density at radius 2 is 2.18 bits per heavy atom. The number of hydrogen-bond donors (Lipinski definition) is 2. The maximum absolute atomic E-state index is 11.9. The van der Waals surface area contributed by atoms with Crippen molar-refractivity contribution < 1.29 is 9.53 Å². The van der Waals surface area contributed by atoms with Gasteiger partial charge in [-0.05, 0) is 18.9 Å². The zero-order valence-corrected chi connectivity index (χ0v) is 10.0. The lowest BCUT2D eigenvalue weighted by Gasteiger charge is -2.20. The summed E-state index contributed by atoms with van der Waals surface area (Å²) < 4.78 is 5.16. The van der Waals surface area contributed by atoms with Gasteiger partial charge in [-0.15, -0.1) is 0 Å². The molecule has 92 valence electrons. The van der Waals surface area contributed by atoms with E-state index in [0.29, 0.717) is 26.2 Å². The van der Waals surface area contributed by atoms with E-state index in [0.717, 1.165) is 5.56 Å². The van der Waals surface area contributed by atoms with Gasteiger partial charge < -0.3 is 15.8 Å². The van der Waals surface area contributed by atoms with Gasteiger partial charge in [0.2, 0.25) is 5.91 Å². The number of aryl methyl sites for hydroxylation is 1. The van der Waals surface area contributed by atoms with E-state index in [2.05, 4.69) is 5.32 Å². The highest BCUT2D eigenvalue weighted by Crippen LogP contribution is 2.15. The molecule has 0 radical (unpaired) electrons. The molecule has 2 rings (SSSR count). The van der Waals surface area contributed by atoms with E-state index >= 15 is 0 Å². The first-order valence-corrected chi connectivity index (χ1v) is 5.81. The first kappa shape index (κ1) is 12.1. The van der Waals surface area contributed by atoms with E-state index in [1.54, 1.807) is 0 Å². The van der Waals surface area contributed by atoms with E-state index < -0.39 is 5.54 Å². The highest BCUT2D eigenvalue weighted by Gasteiger charge is 2.37. The molecule has 0 bridgehead atoms. The maximum atomic E-state index is 11.9. The van der Waals surface area contributed by atoms with Gasteiger partial charge in [-0.25, -0.2) is 0 Å². The topological polar surface area (TPSA) is 64.4 Å². The van der Waals surface area contributed by atoms with Crippen LogP contribution in [0.3, 0.4) is 0 Å². The molecule has 1 aromatic rings. The molecule has 3 N–H and O–H groups in total. The molecule has 1 aliphatic rings. The third-order valence-electron chi connectivity index (χ3n) is 3.08. The molecule has 0 spiro atoms. The standard InChI is InChI=1S/C13H18N2O2/c1-10-2-4-11(5-3-10)8-15-12(16)13(14)6-7-17-9-13/h2-5H,6-9,14H2,1H3,(H,15,16). The fourth-order valence-electron chi connectivity index (χ4n) is 1.82. The SMILES string of the molecule is Cc1ccc(CNC(=O)C2(N)CCOC2)cc1. The minimum Gasteiger partial charge on any atom is -0.379 e. The Balaban J connectivity index is 1.89. The Morgan fingerprint density at radius 1 is 1.47 bits per heavy atom. The molecule has 1 heterocycles. The normalized spacial score (nSPS) is 23.6. The molecule has 0 aromatic heterocycles. The highest BCUT2D eigenvalue weighted by atomic mass is 16.5. The van der Waals surface area contributed by atoms with Crippen molar-refractivity contribution in [1.29, 1.82) is 0 Å². The second kappa shape index (κ2) is 4.85. The summed E-state index contributed by atoms with van der Waals surface area (Å²) in [4.78, 5) is 11.9. The molecule has 4 heteroatoms. The molecule has 1 saturated heterocycles. The summed E-state index contributed by atoms with van der Waals surface area (Å²) in [5.41, 5.74) is 7.39. The van der Waals surface area contributed by atoms with Crippen LogP contribution in [0.4, 0.5) is 0 Å². The van der Waals surface area contributed by atoms with Crippen molar-refractivity contribution >= 4 is 5.91 Å². The maximum Gasteiger partial charge on any atom is 0.242 e. The van der Waals surface area contributed by atoms with Crippen LogP contribution in [0.2, 0.25) is 0 Å². The minimum atomic E-state index is -0.843. The fourth-order valence-corrected chi connectivity index (χ4v) is 1.82. The highest BCUT2D eigenvalue weighted by molar-refractivity contribution is 5.86. The van der Waals surface area contributed by atoms with Gasteiger partial charge in [0.25, 0.3) is 0 Å². The average Bonchev–Trinajstić information content (AvgIpc) is 2.76. The van der Waals surface area contributed by atoms with Crippen LogP contribution in [0.1, 0.15) is 17.5 Å². The van der Waals surface area contributed by atoms with Crippen LogP contribution in [0.25, 0.3) is 0 Å². The van der Waals surface area contributed by atoms with Crippen LogP contribution in [0.5, 0.6) is 0 Å². The monoisotopic (exact) mass is 234 g/mol. The molecule has 1 aromatic carbocycles. The van der Waals surface area contributed by atoms with Gasteiger partial charge in [0, 0.05) is 13.2 Å². The van der Waals surface area contributed by atoms with Crippen molar-refractivity contribution in [3.05, 3.63) is 35.4 Å². The van der Waals surface area contributed by atoms with Crippen LogP contribution in [0, 0.1) is 6.92 Å². The van der Waals surface area contributed by atoms with Crippen molar-refractivity contribution in [2.75, 3.05) is 13.2 Å². The smallest absolute Gasteiger partial charge is 0.242 e. The Morgan fingerprint density at radius 3 is 2.76 bits per heavy atom. The molecular formula is C13H18N2O2. The van der Waals surface area contributed by atoms with Gasteiger partial charge in [-0.3, -0.25) is 4.79 Å². The van der Waals surface area contributed by atoms with Crippen LogP contribution in [-0.4, -0.2) is 24.7 Å². The molecule has 17 heavy (non-hydrogen) atoms. The number of carbonyl (C=O) groups is 1. The van der Waals surface area contributed by atoms with Gasteiger partial charge >= 0.3 is 0 Å². The second-order valence-electron chi connectivity index (χ2n) is 4.63. The molecule has 1 aliphatic heterocycles. The van der Waals surface area contributed by atoms with Crippen molar-refractivity contribution in [3.63, 3.8) is 0 Å². The molecule has 1 unspecified atom stereocenters. The summed E-state index contributed by atoms with van der Waals surface area (Å²) in [5, 5.41) is 2.86. The molecular weight excluding hydrogens is 216 g/mol. The minimum absolute atomic E-state index is 0.129. The number of ether oxygens (including phenoxy) is 1. The summed E-state index contributed by atoms with van der Waals surface area (Å²) in [5.74, 6) is -0.129. The molecule has 1 amide bonds. The van der Waals surface area contributed by atoms with Crippen LogP contribution in [0.15, 0.2) is 24.3 Å². The van der Waals surface area contributed by atoms with Gasteiger partial charge in [0.05, 0.1) is 6.61 Å². The van der Waals surface area contributed by atoms with Gasteiger partial charge in [0.15, 0.2) is 0 Å². The lowest BCUT2D eigenvalue weighted by atomic mass is 9.99. The predicted molar refractivity (Wildman–Crippen MR) is 65.4 cm³/mol. The van der Waals surface area contributed by atoms with E-state index in [1.807, 2.05) is 31.2 Å². The van der Waals surface area contributed by atoms with E-state index in [9.17, 15) is 4.79 Å². The Bertz CT molecular complexity index is 394. The number of benzene rings is 1. The number of rotatable bonds is 3. The lowest BCUT2D eigenvalue weighted by Crippen LogP contribution is -2.54.